The van der Waals surface area contributed by atoms with Gasteiger partial charge in [0.25, 0.3) is 0 Å². The highest BCUT2D eigenvalue weighted by atomic mass is 15.1. The molecule has 0 amide bonds. The number of hydrogen-bond donors (Lipinski definition) is 1. The van der Waals surface area contributed by atoms with Crippen LogP contribution in [0.4, 0.5) is 0 Å². The minimum absolute atomic E-state index is 0.676. The Morgan fingerprint density at radius 3 is 1.86 bits per heavy atom. The molecule has 1 aromatic carbocycles. The van der Waals surface area contributed by atoms with Gasteiger partial charge in [-0.3, -0.25) is 4.90 Å². The standard InChI is InChI=1S/C19H34N2/c1-5-9-19(10-6-2)20-15-17-11-13-18(14-12-17)16-21(7-3)8-4/h11-14,19-20H,5-10,15-16H2,1-4H3. The van der Waals surface area contributed by atoms with Gasteiger partial charge in [0.2, 0.25) is 0 Å². The van der Waals surface area contributed by atoms with E-state index >= 15 is 0 Å². The monoisotopic (exact) mass is 290 g/mol. The molecule has 1 rings (SSSR count). The van der Waals surface area contributed by atoms with Crippen molar-refractivity contribution in [1.29, 1.82) is 0 Å². The van der Waals surface area contributed by atoms with Crippen LogP contribution >= 0.6 is 0 Å². The summed E-state index contributed by atoms with van der Waals surface area (Å²) in [5.74, 6) is 0. The van der Waals surface area contributed by atoms with Gasteiger partial charge in [-0.05, 0) is 37.1 Å². The molecule has 120 valence electrons. The molecule has 0 aliphatic heterocycles. The lowest BCUT2D eigenvalue weighted by Gasteiger charge is -2.19. The van der Waals surface area contributed by atoms with Gasteiger partial charge >= 0.3 is 0 Å². The normalized spacial score (nSPS) is 11.5. The Morgan fingerprint density at radius 1 is 0.857 bits per heavy atom. The quantitative estimate of drug-likeness (QED) is 0.641. The van der Waals surface area contributed by atoms with Crippen LogP contribution in [0.5, 0.6) is 0 Å². The third-order valence-electron chi connectivity index (χ3n) is 4.19. The highest BCUT2D eigenvalue weighted by molar-refractivity contribution is 5.22. The fourth-order valence-corrected chi connectivity index (χ4v) is 2.78. The van der Waals surface area contributed by atoms with E-state index in [0.29, 0.717) is 6.04 Å². The number of rotatable bonds is 11. The van der Waals surface area contributed by atoms with E-state index in [1.54, 1.807) is 0 Å². The summed E-state index contributed by atoms with van der Waals surface area (Å²) < 4.78 is 0. The minimum atomic E-state index is 0.676. The van der Waals surface area contributed by atoms with Crippen molar-refractivity contribution in [3.05, 3.63) is 35.4 Å². The predicted molar refractivity (Wildman–Crippen MR) is 93.5 cm³/mol. The van der Waals surface area contributed by atoms with Crippen molar-refractivity contribution in [3.8, 4) is 0 Å². The first-order valence-electron chi connectivity index (χ1n) is 8.76. The average Bonchev–Trinajstić information content (AvgIpc) is 2.52. The molecule has 0 saturated heterocycles. The van der Waals surface area contributed by atoms with Gasteiger partial charge in [0.05, 0.1) is 0 Å². The highest BCUT2D eigenvalue weighted by Gasteiger charge is 2.06. The Hall–Kier alpha value is -0.860. The average molecular weight is 290 g/mol. The summed E-state index contributed by atoms with van der Waals surface area (Å²) >= 11 is 0. The van der Waals surface area contributed by atoms with Gasteiger partial charge in [-0.15, -0.1) is 0 Å². The molecule has 0 unspecified atom stereocenters. The van der Waals surface area contributed by atoms with Crippen LogP contribution in [-0.4, -0.2) is 24.0 Å². The summed E-state index contributed by atoms with van der Waals surface area (Å²) in [5, 5.41) is 3.71. The zero-order chi connectivity index (χ0) is 15.5. The van der Waals surface area contributed by atoms with Gasteiger partial charge in [0.1, 0.15) is 0 Å². The van der Waals surface area contributed by atoms with Gasteiger partial charge in [0, 0.05) is 19.1 Å². The van der Waals surface area contributed by atoms with Crippen LogP contribution in [0.25, 0.3) is 0 Å². The molecule has 21 heavy (non-hydrogen) atoms. The van der Waals surface area contributed by atoms with Crippen molar-refractivity contribution in [2.45, 2.75) is 72.5 Å². The molecule has 0 aliphatic carbocycles. The van der Waals surface area contributed by atoms with Gasteiger partial charge in [-0.25, -0.2) is 0 Å². The van der Waals surface area contributed by atoms with Crippen LogP contribution in [-0.2, 0) is 13.1 Å². The number of nitrogens with one attached hydrogen (secondary N) is 1. The van der Waals surface area contributed by atoms with Crippen LogP contribution < -0.4 is 5.32 Å². The number of hydrogen-bond acceptors (Lipinski definition) is 2. The molecular weight excluding hydrogens is 256 g/mol. The molecule has 2 nitrogen and oxygen atoms in total. The molecule has 0 saturated carbocycles. The van der Waals surface area contributed by atoms with Gasteiger partial charge in [-0.2, -0.15) is 0 Å². The van der Waals surface area contributed by atoms with Crippen molar-refractivity contribution in [2.24, 2.45) is 0 Å². The molecule has 2 heteroatoms. The van der Waals surface area contributed by atoms with Crippen LogP contribution in [0.15, 0.2) is 24.3 Å². The summed E-state index contributed by atoms with van der Waals surface area (Å²) in [5.41, 5.74) is 2.82. The lowest BCUT2D eigenvalue weighted by molar-refractivity contribution is 0.296. The van der Waals surface area contributed by atoms with E-state index in [1.807, 2.05) is 0 Å². The summed E-state index contributed by atoms with van der Waals surface area (Å²) in [7, 11) is 0. The molecule has 0 spiro atoms. The molecule has 0 aliphatic rings. The van der Waals surface area contributed by atoms with Crippen molar-refractivity contribution in [2.75, 3.05) is 13.1 Å². The Bertz CT molecular complexity index is 348. The Morgan fingerprint density at radius 2 is 1.38 bits per heavy atom. The summed E-state index contributed by atoms with van der Waals surface area (Å²) in [4.78, 5) is 2.45. The Kier molecular flexibility index (Phi) is 9.36. The second kappa shape index (κ2) is 10.8. The first-order chi connectivity index (χ1) is 10.2. The fraction of sp³-hybridized carbons (Fsp3) is 0.684. The fourth-order valence-electron chi connectivity index (χ4n) is 2.78. The van der Waals surface area contributed by atoms with Crippen LogP contribution in [0.1, 0.15) is 64.5 Å². The second-order valence-corrected chi connectivity index (χ2v) is 5.93. The Balaban J connectivity index is 2.46. The second-order valence-electron chi connectivity index (χ2n) is 5.93. The van der Waals surface area contributed by atoms with Gasteiger partial charge in [0.15, 0.2) is 0 Å². The zero-order valence-corrected chi connectivity index (χ0v) is 14.5. The maximum Gasteiger partial charge on any atom is 0.0233 e. The lowest BCUT2D eigenvalue weighted by atomic mass is 10.1. The van der Waals surface area contributed by atoms with E-state index in [0.717, 1.165) is 26.2 Å². The Labute approximate surface area is 131 Å². The van der Waals surface area contributed by atoms with Crippen molar-refractivity contribution in [3.63, 3.8) is 0 Å². The molecule has 1 aromatic rings. The van der Waals surface area contributed by atoms with Crippen LogP contribution in [0.3, 0.4) is 0 Å². The van der Waals surface area contributed by atoms with Gasteiger partial charge < -0.3 is 5.32 Å². The molecule has 0 fully saturated rings. The molecule has 0 radical (unpaired) electrons. The van der Waals surface area contributed by atoms with Crippen molar-refractivity contribution >= 4 is 0 Å². The first-order valence-corrected chi connectivity index (χ1v) is 8.76. The molecule has 0 heterocycles. The minimum Gasteiger partial charge on any atom is -0.310 e. The van der Waals surface area contributed by atoms with E-state index in [-0.39, 0.29) is 0 Å². The third-order valence-corrected chi connectivity index (χ3v) is 4.19. The van der Waals surface area contributed by atoms with Crippen molar-refractivity contribution in [1.82, 2.24) is 10.2 Å². The summed E-state index contributed by atoms with van der Waals surface area (Å²) in [6.07, 6.45) is 5.10. The van der Waals surface area contributed by atoms with Crippen LogP contribution in [0.2, 0.25) is 0 Å². The topological polar surface area (TPSA) is 15.3 Å². The van der Waals surface area contributed by atoms with Crippen molar-refractivity contribution < 1.29 is 0 Å². The van der Waals surface area contributed by atoms with E-state index in [2.05, 4.69) is 62.2 Å². The summed E-state index contributed by atoms with van der Waals surface area (Å²) in [6.45, 7) is 13.3. The molecule has 1 N–H and O–H groups in total. The van der Waals surface area contributed by atoms with Gasteiger partial charge in [-0.1, -0.05) is 64.8 Å². The lowest BCUT2D eigenvalue weighted by Crippen LogP contribution is -2.28. The third kappa shape index (κ3) is 7.10. The molecule has 0 aromatic heterocycles. The number of nitrogens with zero attached hydrogens (tertiary/aromatic N) is 1. The number of benzene rings is 1. The predicted octanol–water partition coefficient (Wildman–Crippen LogP) is 4.59. The highest BCUT2D eigenvalue weighted by Crippen LogP contribution is 2.10. The maximum atomic E-state index is 3.71. The van der Waals surface area contributed by atoms with E-state index in [9.17, 15) is 0 Å². The zero-order valence-electron chi connectivity index (χ0n) is 14.5. The maximum absolute atomic E-state index is 3.71. The first kappa shape index (κ1) is 18.2. The van der Waals surface area contributed by atoms with E-state index in [4.69, 9.17) is 0 Å². The van der Waals surface area contributed by atoms with Crippen LogP contribution in [0, 0.1) is 0 Å². The SMILES string of the molecule is CCCC(CCC)NCc1ccc(CN(CC)CC)cc1. The largest absolute Gasteiger partial charge is 0.310 e. The molecule has 0 atom stereocenters. The van der Waals surface area contributed by atoms with E-state index < -0.39 is 0 Å². The van der Waals surface area contributed by atoms with E-state index in [1.165, 1.54) is 36.8 Å². The molecule has 0 bridgehead atoms. The summed E-state index contributed by atoms with van der Waals surface area (Å²) in [6, 6.07) is 9.80. The molecular formula is C19H34N2. The smallest absolute Gasteiger partial charge is 0.0233 e.